The summed E-state index contributed by atoms with van der Waals surface area (Å²) in [6, 6.07) is 0. The van der Waals surface area contributed by atoms with E-state index >= 15 is 0 Å². The summed E-state index contributed by atoms with van der Waals surface area (Å²) in [5.41, 5.74) is 0. The van der Waals surface area contributed by atoms with Gasteiger partial charge in [-0.25, -0.2) is 23.2 Å². The summed E-state index contributed by atoms with van der Waals surface area (Å²) in [7, 11) is -4.54. The summed E-state index contributed by atoms with van der Waals surface area (Å²) >= 11 is 0. The minimum Gasteiger partial charge on any atom is -0.432 e. The van der Waals surface area contributed by atoms with Crippen molar-refractivity contribution in [2.24, 2.45) is 0 Å². The van der Waals surface area contributed by atoms with E-state index in [0.717, 1.165) is 0 Å². The van der Waals surface area contributed by atoms with Crippen LogP contribution in [-0.4, -0.2) is 43.0 Å². The molecular weight excluding hydrogens is 311 g/mol. The van der Waals surface area contributed by atoms with Crippen molar-refractivity contribution in [2.75, 3.05) is 13.6 Å². The van der Waals surface area contributed by atoms with Gasteiger partial charge in [-0.1, -0.05) is 0 Å². The Balaban J connectivity index is 3.86. The van der Waals surface area contributed by atoms with Gasteiger partial charge in [0.25, 0.3) is 0 Å². The van der Waals surface area contributed by atoms with Crippen molar-refractivity contribution in [1.82, 2.24) is 0 Å². The largest absolute Gasteiger partial charge is 0.510 e. The lowest BCUT2D eigenvalue weighted by Crippen LogP contribution is -2.16. The van der Waals surface area contributed by atoms with Gasteiger partial charge in [-0.2, -0.15) is 0 Å². The second kappa shape index (κ2) is 9.56. The van der Waals surface area contributed by atoms with Crippen LogP contribution < -0.4 is 0 Å². The van der Waals surface area contributed by atoms with Gasteiger partial charge < -0.3 is 23.8 Å². The fourth-order valence-corrected chi connectivity index (χ4v) is 1.22. The highest BCUT2D eigenvalue weighted by molar-refractivity contribution is 7.47. The van der Waals surface area contributed by atoms with Crippen molar-refractivity contribution in [3.8, 4) is 0 Å². The van der Waals surface area contributed by atoms with E-state index in [9.17, 15) is 14.2 Å². The molecule has 0 aromatic carbocycles. The number of ether oxygens (including phenoxy) is 4. The zero-order valence-electron chi connectivity index (χ0n) is 12.1. The molecule has 0 aromatic rings. The molecular formula is C10H19O10P. The van der Waals surface area contributed by atoms with E-state index in [0.29, 0.717) is 0 Å². The predicted molar refractivity (Wildman–Crippen MR) is 67.1 cm³/mol. The monoisotopic (exact) mass is 330 g/mol. The molecule has 0 aliphatic carbocycles. The second-order valence-electron chi connectivity index (χ2n) is 4.08. The maximum absolute atomic E-state index is 11.3. The van der Waals surface area contributed by atoms with Gasteiger partial charge in [0.2, 0.25) is 13.6 Å². The van der Waals surface area contributed by atoms with E-state index in [1.807, 2.05) is 0 Å². The van der Waals surface area contributed by atoms with Crippen LogP contribution in [0, 0.1) is 0 Å². The van der Waals surface area contributed by atoms with Crippen LogP contribution in [0.15, 0.2) is 0 Å². The van der Waals surface area contributed by atoms with Crippen LogP contribution in [0.1, 0.15) is 27.7 Å². The number of phosphoric acid groups is 1. The first-order valence-corrected chi connectivity index (χ1v) is 7.40. The van der Waals surface area contributed by atoms with Gasteiger partial charge in [-0.3, -0.25) is 0 Å². The van der Waals surface area contributed by atoms with Crippen molar-refractivity contribution in [3.05, 3.63) is 0 Å². The molecule has 11 heteroatoms. The van der Waals surface area contributed by atoms with Gasteiger partial charge in [0, 0.05) is 0 Å². The molecule has 0 aliphatic heterocycles. The van der Waals surface area contributed by atoms with E-state index in [1.165, 1.54) is 0 Å². The van der Waals surface area contributed by atoms with E-state index in [1.54, 1.807) is 27.7 Å². The third-order valence-electron chi connectivity index (χ3n) is 1.45. The molecule has 1 N–H and O–H groups in total. The van der Waals surface area contributed by atoms with Crippen LogP contribution in [0.4, 0.5) is 9.59 Å². The molecule has 10 nitrogen and oxygen atoms in total. The van der Waals surface area contributed by atoms with E-state index in [2.05, 4.69) is 28.0 Å². The number of hydrogen-bond acceptors (Lipinski definition) is 9. The lowest BCUT2D eigenvalue weighted by atomic mass is 10.5. The Bertz CT molecular complexity index is 348. The summed E-state index contributed by atoms with van der Waals surface area (Å²) in [5, 5.41) is 0. The number of rotatable bonds is 8. The van der Waals surface area contributed by atoms with E-state index in [4.69, 9.17) is 4.89 Å². The standard InChI is InChI=1S/C10H19O10P/c1-7(2)19-9(11)15-5-17-21(13,14)18-6-16-10(12)20-8(3)4/h7-8H,5-6H2,1-4H3,(H,13,14). The summed E-state index contributed by atoms with van der Waals surface area (Å²) in [6.07, 6.45) is -2.95. The molecule has 0 saturated carbocycles. The van der Waals surface area contributed by atoms with Crippen molar-refractivity contribution in [3.63, 3.8) is 0 Å². The summed E-state index contributed by atoms with van der Waals surface area (Å²) in [6.45, 7) is 4.64. The van der Waals surface area contributed by atoms with Crippen LogP contribution in [0.25, 0.3) is 0 Å². The normalized spacial score (nSPS) is 11.4. The third-order valence-corrected chi connectivity index (χ3v) is 2.31. The van der Waals surface area contributed by atoms with Gasteiger partial charge in [0.1, 0.15) is 0 Å². The number of phosphoric ester groups is 1. The zero-order valence-corrected chi connectivity index (χ0v) is 13.0. The Morgan fingerprint density at radius 3 is 1.52 bits per heavy atom. The first-order chi connectivity index (χ1) is 9.62. The molecule has 0 saturated heterocycles. The average molecular weight is 330 g/mol. The van der Waals surface area contributed by atoms with Gasteiger partial charge in [-0.05, 0) is 27.7 Å². The van der Waals surface area contributed by atoms with E-state index < -0.39 is 45.9 Å². The highest BCUT2D eigenvalue weighted by Gasteiger charge is 2.23. The highest BCUT2D eigenvalue weighted by atomic mass is 31.2. The maximum atomic E-state index is 11.3. The number of carbonyl (C=O) groups excluding carboxylic acids is 2. The van der Waals surface area contributed by atoms with Crippen LogP contribution >= 0.6 is 7.82 Å². The molecule has 0 radical (unpaired) electrons. The molecule has 0 atom stereocenters. The highest BCUT2D eigenvalue weighted by Crippen LogP contribution is 2.42. The Hall–Kier alpha value is -1.35. The molecule has 124 valence electrons. The minimum atomic E-state index is -4.54. The first-order valence-electron chi connectivity index (χ1n) is 5.91. The topological polar surface area (TPSA) is 127 Å². The third kappa shape index (κ3) is 12.1. The first kappa shape index (κ1) is 19.7. The summed E-state index contributed by atoms with van der Waals surface area (Å²) in [4.78, 5) is 31.0. The molecule has 0 aromatic heterocycles. The van der Waals surface area contributed by atoms with Crippen LogP contribution in [0.3, 0.4) is 0 Å². The molecule has 0 amide bonds. The molecule has 0 aliphatic rings. The Morgan fingerprint density at radius 2 is 1.24 bits per heavy atom. The number of hydrogen-bond donors (Lipinski definition) is 1. The molecule has 0 heterocycles. The zero-order chi connectivity index (χ0) is 16.5. The maximum Gasteiger partial charge on any atom is 0.510 e. The molecule has 0 fully saturated rings. The molecule has 0 unspecified atom stereocenters. The van der Waals surface area contributed by atoms with E-state index in [-0.39, 0.29) is 0 Å². The quantitative estimate of drug-likeness (QED) is 0.401. The summed E-state index contributed by atoms with van der Waals surface area (Å²) in [5.74, 6) is 0. The van der Waals surface area contributed by atoms with Crippen molar-refractivity contribution in [1.29, 1.82) is 0 Å². The molecule has 0 spiro atoms. The van der Waals surface area contributed by atoms with Crippen molar-refractivity contribution < 1.29 is 47.0 Å². The van der Waals surface area contributed by atoms with Crippen molar-refractivity contribution >= 4 is 20.1 Å². The molecule has 0 rings (SSSR count). The molecule has 21 heavy (non-hydrogen) atoms. The van der Waals surface area contributed by atoms with Gasteiger partial charge in [-0.15, -0.1) is 0 Å². The summed E-state index contributed by atoms with van der Waals surface area (Å²) < 4.78 is 37.7. The second-order valence-corrected chi connectivity index (χ2v) is 5.54. The molecule has 0 bridgehead atoms. The Morgan fingerprint density at radius 1 is 0.905 bits per heavy atom. The predicted octanol–water partition coefficient (Wildman–Crippen LogP) is 2.16. The average Bonchev–Trinajstić information content (AvgIpc) is 2.25. The lowest BCUT2D eigenvalue weighted by molar-refractivity contribution is -0.0402. The van der Waals surface area contributed by atoms with Gasteiger partial charge in [0.05, 0.1) is 12.2 Å². The SMILES string of the molecule is CC(C)OC(=O)OCOP(=O)(O)OCOC(=O)OC(C)C. The van der Waals surface area contributed by atoms with Crippen LogP contribution in [-0.2, 0) is 32.6 Å². The number of carbonyl (C=O) groups is 2. The smallest absolute Gasteiger partial charge is 0.432 e. The van der Waals surface area contributed by atoms with Crippen LogP contribution in [0.2, 0.25) is 0 Å². The lowest BCUT2D eigenvalue weighted by Gasteiger charge is -2.13. The minimum absolute atomic E-state index is 0.407. The van der Waals surface area contributed by atoms with Gasteiger partial charge in [0.15, 0.2) is 0 Å². The van der Waals surface area contributed by atoms with Gasteiger partial charge >= 0.3 is 20.1 Å². The fourth-order valence-electron chi connectivity index (χ4n) is 0.772. The van der Waals surface area contributed by atoms with Crippen LogP contribution in [0.5, 0.6) is 0 Å². The van der Waals surface area contributed by atoms with Crippen molar-refractivity contribution in [2.45, 2.75) is 39.9 Å². The Labute approximate surface area is 121 Å². The fraction of sp³-hybridized carbons (Fsp3) is 0.800. The Kier molecular flexibility index (Phi) is 8.95.